The predicted molar refractivity (Wildman–Crippen MR) is 129 cm³/mol. The van der Waals surface area contributed by atoms with Crippen LogP contribution in [0.25, 0.3) is 32.7 Å². The highest BCUT2D eigenvalue weighted by molar-refractivity contribution is 7.80. The van der Waals surface area contributed by atoms with Crippen LogP contribution in [0.1, 0.15) is 13.8 Å². The Labute approximate surface area is 195 Å². The number of halogens is 2. The maximum atomic E-state index is 13.1. The minimum Gasteiger partial charge on any atom is -0.302 e. The molecule has 4 aromatic carbocycles. The molecule has 0 aliphatic rings. The van der Waals surface area contributed by atoms with E-state index in [2.05, 4.69) is 0 Å². The van der Waals surface area contributed by atoms with Gasteiger partial charge in [0, 0.05) is 21.2 Å². The molecule has 160 valence electrons. The Morgan fingerprint density at radius 3 is 1.74 bits per heavy atom. The molecule has 0 aromatic heterocycles. The van der Waals surface area contributed by atoms with Crippen LogP contribution >= 0.6 is 23.2 Å². The Balaban J connectivity index is 2.18. The Morgan fingerprint density at radius 1 is 0.774 bits per heavy atom. The van der Waals surface area contributed by atoms with E-state index in [-0.39, 0.29) is 11.0 Å². The van der Waals surface area contributed by atoms with Crippen LogP contribution < -0.4 is 0 Å². The molecule has 4 rings (SSSR count). The monoisotopic (exact) mass is 492 g/mol. The topological polar surface area (TPSA) is 63.6 Å². The lowest BCUT2D eigenvalue weighted by Gasteiger charge is -2.18. The minimum atomic E-state index is -2.28. The van der Waals surface area contributed by atoms with E-state index in [1.54, 1.807) is 62.4 Å². The van der Waals surface area contributed by atoms with E-state index in [0.29, 0.717) is 26.1 Å². The fourth-order valence-corrected chi connectivity index (χ4v) is 5.53. The summed E-state index contributed by atoms with van der Waals surface area (Å²) in [5, 5.41) is 4.18. The molecular weight excluding hydrogens is 475 g/mol. The van der Waals surface area contributed by atoms with Crippen LogP contribution in [0.2, 0.25) is 10.0 Å². The lowest BCUT2D eigenvalue weighted by Crippen LogP contribution is -2.08. The normalized spacial score (nSPS) is 13.7. The van der Waals surface area contributed by atoms with Crippen LogP contribution in [-0.4, -0.2) is 19.1 Å². The summed E-state index contributed by atoms with van der Waals surface area (Å²) in [5.41, 5.74) is 1.08. The van der Waals surface area contributed by atoms with Gasteiger partial charge in [-0.05, 0) is 71.8 Å². The molecule has 0 aliphatic heterocycles. The Hall–Kier alpha value is -1.80. The van der Waals surface area contributed by atoms with Crippen LogP contribution in [0.4, 0.5) is 0 Å². The van der Waals surface area contributed by atoms with Gasteiger partial charge in [0.15, 0.2) is 22.2 Å². The van der Waals surface area contributed by atoms with Gasteiger partial charge >= 0.3 is 0 Å². The summed E-state index contributed by atoms with van der Waals surface area (Å²) in [5.74, 6) is 0. The SMILES string of the molecule is CC(C)OS(=O)c1ccc2cc(Cl)ccc2c1-c1c(S(=O)O)ccc2cc(Cl)ccc12. The van der Waals surface area contributed by atoms with Crippen LogP contribution in [0.3, 0.4) is 0 Å². The van der Waals surface area contributed by atoms with Crippen molar-refractivity contribution >= 4 is 66.9 Å². The highest BCUT2D eigenvalue weighted by Crippen LogP contribution is 2.42. The molecule has 1 N–H and O–H groups in total. The van der Waals surface area contributed by atoms with E-state index < -0.39 is 22.2 Å². The Kier molecular flexibility index (Phi) is 6.49. The van der Waals surface area contributed by atoms with Crippen LogP contribution in [0.15, 0.2) is 70.5 Å². The number of rotatable bonds is 5. The minimum absolute atomic E-state index is 0.208. The molecule has 31 heavy (non-hydrogen) atoms. The average Bonchev–Trinajstić information content (AvgIpc) is 2.71. The maximum Gasteiger partial charge on any atom is 0.190 e. The zero-order valence-corrected chi connectivity index (χ0v) is 19.7. The zero-order chi connectivity index (χ0) is 22.3. The first-order valence-corrected chi connectivity index (χ1v) is 12.3. The van der Waals surface area contributed by atoms with Crippen molar-refractivity contribution in [2.45, 2.75) is 29.7 Å². The van der Waals surface area contributed by atoms with Crippen molar-refractivity contribution in [1.29, 1.82) is 0 Å². The van der Waals surface area contributed by atoms with E-state index in [9.17, 15) is 13.0 Å². The third kappa shape index (κ3) is 4.42. The molecule has 0 heterocycles. The fourth-order valence-electron chi connectivity index (χ4n) is 3.59. The van der Waals surface area contributed by atoms with E-state index in [1.807, 2.05) is 12.1 Å². The molecule has 2 unspecified atom stereocenters. The van der Waals surface area contributed by atoms with Gasteiger partial charge in [-0.3, -0.25) is 4.18 Å². The molecule has 0 saturated heterocycles. The van der Waals surface area contributed by atoms with Crippen molar-refractivity contribution < 1.29 is 17.2 Å². The van der Waals surface area contributed by atoms with Gasteiger partial charge in [0.1, 0.15) is 0 Å². The molecule has 2 atom stereocenters. The largest absolute Gasteiger partial charge is 0.302 e. The zero-order valence-electron chi connectivity index (χ0n) is 16.6. The lowest BCUT2D eigenvalue weighted by atomic mass is 9.93. The van der Waals surface area contributed by atoms with E-state index >= 15 is 0 Å². The summed E-state index contributed by atoms with van der Waals surface area (Å²) in [6, 6.07) is 17.5. The molecule has 4 aromatic rings. The highest BCUT2D eigenvalue weighted by atomic mass is 35.5. The summed E-state index contributed by atoms with van der Waals surface area (Å²) in [7, 11) is 0. The maximum absolute atomic E-state index is 13.1. The van der Waals surface area contributed by atoms with Gasteiger partial charge in [0.05, 0.1) is 15.9 Å². The second-order valence-electron chi connectivity index (χ2n) is 7.24. The van der Waals surface area contributed by atoms with E-state index in [1.165, 1.54) is 0 Å². The molecule has 0 bridgehead atoms. The molecule has 0 radical (unpaired) electrons. The van der Waals surface area contributed by atoms with Crippen molar-refractivity contribution in [2.24, 2.45) is 0 Å². The van der Waals surface area contributed by atoms with E-state index in [4.69, 9.17) is 27.4 Å². The molecule has 0 saturated carbocycles. The van der Waals surface area contributed by atoms with Gasteiger partial charge in [-0.1, -0.05) is 47.5 Å². The second kappa shape index (κ2) is 8.98. The summed E-state index contributed by atoms with van der Waals surface area (Å²) in [6.07, 6.45) is -0.271. The average molecular weight is 493 g/mol. The first kappa shape index (κ1) is 22.4. The van der Waals surface area contributed by atoms with Gasteiger partial charge in [-0.25, -0.2) is 8.42 Å². The van der Waals surface area contributed by atoms with Crippen molar-refractivity contribution in [3.8, 4) is 11.1 Å². The Morgan fingerprint density at radius 2 is 1.26 bits per heavy atom. The molecule has 0 fully saturated rings. The molecule has 8 heteroatoms. The Bertz CT molecular complexity index is 1370. The van der Waals surface area contributed by atoms with Crippen LogP contribution in [-0.2, 0) is 26.3 Å². The van der Waals surface area contributed by atoms with Gasteiger partial charge in [0.25, 0.3) is 0 Å². The summed E-state index contributed by atoms with van der Waals surface area (Å²) in [6.45, 7) is 3.60. The van der Waals surface area contributed by atoms with Crippen molar-refractivity contribution in [3.63, 3.8) is 0 Å². The van der Waals surface area contributed by atoms with Gasteiger partial charge in [0.2, 0.25) is 0 Å². The number of benzene rings is 4. The van der Waals surface area contributed by atoms with Crippen molar-refractivity contribution in [3.05, 3.63) is 70.7 Å². The molecule has 0 aliphatic carbocycles. The van der Waals surface area contributed by atoms with E-state index in [0.717, 1.165) is 21.5 Å². The third-order valence-corrected chi connectivity index (χ3v) is 7.23. The van der Waals surface area contributed by atoms with Gasteiger partial charge in [-0.15, -0.1) is 0 Å². The number of hydrogen-bond donors (Lipinski definition) is 1. The van der Waals surface area contributed by atoms with Gasteiger partial charge < -0.3 is 4.55 Å². The smallest absolute Gasteiger partial charge is 0.190 e. The summed E-state index contributed by atoms with van der Waals surface area (Å²) < 4.78 is 41.1. The second-order valence-corrected chi connectivity index (χ2v) is 10.1. The van der Waals surface area contributed by atoms with Gasteiger partial charge in [-0.2, -0.15) is 0 Å². The van der Waals surface area contributed by atoms with Crippen molar-refractivity contribution in [2.75, 3.05) is 0 Å². The highest BCUT2D eigenvalue weighted by Gasteiger charge is 2.23. The first-order chi connectivity index (χ1) is 14.8. The summed E-state index contributed by atoms with van der Waals surface area (Å²) >= 11 is 8.30. The molecule has 0 spiro atoms. The molecular formula is C23H18Cl2O4S2. The van der Waals surface area contributed by atoms with Crippen molar-refractivity contribution in [1.82, 2.24) is 0 Å². The van der Waals surface area contributed by atoms with Crippen LogP contribution in [0, 0.1) is 0 Å². The number of hydrogen-bond acceptors (Lipinski definition) is 3. The molecule has 4 nitrogen and oxygen atoms in total. The summed E-state index contributed by atoms with van der Waals surface area (Å²) in [4.78, 5) is 0.623. The fraction of sp³-hybridized carbons (Fsp3) is 0.130. The third-order valence-electron chi connectivity index (χ3n) is 4.78. The number of fused-ring (bicyclic) bond motifs is 2. The standard InChI is InChI=1S/C23H18Cl2O4S2/c1-13(2)29-31(28)21-10-4-15-12-17(25)6-8-19(15)23(21)22-18-7-5-16(24)11-14(18)3-9-20(22)30(26)27/h3-13H,1-2H3,(H,26,27). The lowest BCUT2D eigenvalue weighted by molar-refractivity contribution is 0.270. The van der Waals surface area contributed by atoms with Crippen LogP contribution in [0.5, 0.6) is 0 Å². The predicted octanol–water partition coefficient (Wildman–Crippen LogP) is 7.00. The molecule has 0 amide bonds. The first-order valence-electron chi connectivity index (χ1n) is 9.41. The quantitative estimate of drug-likeness (QED) is 0.304.